The van der Waals surface area contributed by atoms with Crippen LogP contribution < -0.4 is 0 Å². The topological polar surface area (TPSA) is 58.4 Å². The molecule has 1 aliphatic rings. The maximum Gasteiger partial charge on any atom is 0.309 e. The average Bonchev–Trinajstić information content (AvgIpc) is 2.82. The van der Waals surface area contributed by atoms with E-state index in [0.717, 1.165) is 45.3 Å². The van der Waals surface area contributed by atoms with E-state index in [1.165, 1.54) is 5.69 Å². The summed E-state index contributed by atoms with van der Waals surface area (Å²) in [5, 5.41) is 13.5. The van der Waals surface area contributed by atoms with Crippen molar-refractivity contribution in [1.82, 2.24) is 14.7 Å². The molecule has 0 aliphatic carbocycles. The molecular weight excluding hydrogens is 242 g/mol. The highest BCUT2D eigenvalue weighted by Crippen LogP contribution is 2.35. The van der Waals surface area contributed by atoms with Crippen LogP contribution in [-0.4, -0.2) is 45.4 Å². The number of piperidine rings is 1. The Balaban J connectivity index is 1.84. The summed E-state index contributed by atoms with van der Waals surface area (Å²) in [6, 6.07) is 2.04. The molecule has 106 valence electrons. The molecule has 1 aromatic rings. The minimum absolute atomic E-state index is 0.483. The molecule has 0 saturated carbocycles. The van der Waals surface area contributed by atoms with Gasteiger partial charge in [0.05, 0.1) is 5.41 Å². The van der Waals surface area contributed by atoms with Crippen molar-refractivity contribution in [3.63, 3.8) is 0 Å². The van der Waals surface area contributed by atoms with Gasteiger partial charge < -0.3 is 10.0 Å². The van der Waals surface area contributed by atoms with Crippen molar-refractivity contribution in [2.24, 2.45) is 12.5 Å². The second kappa shape index (κ2) is 5.74. The van der Waals surface area contributed by atoms with E-state index in [-0.39, 0.29) is 0 Å². The first-order chi connectivity index (χ1) is 9.07. The van der Waals surface area contributed by atoms with Crippen molar-refractivity contribution in [3.8, 4) is 0 Å². The average molecular weight is 265 g/mol. The molecule has 0 spiro atoms. The molecule has 0 radical (unpaired) electrons. The van der Waals surface area contributed by atoms with Crippen molar-refractivity contribution in [3.05, 3.63) is 18.0 Å². The molecule has 5 heteroatoms. The minimum atomic E-state index is -0.624. The van der Waals surface area contributed by atoms with Gasteiger partial charge in [0.1, 0.15) is 0 Å². The van der Waals surface area contributed by atoms with Crippen LogP contribution in [0.4, 0.5) is 0 Å². The second-order valence-electron chi connectivity index (χ2n) is 5.48. The number of rotatable bonds is 5. The zero-order chi connectivity index (χ0) is 13.9. The van der Waals surface area contributed by atoms with Crippen molar-refractivity contribution >= 4 is 5.97 Å². The van der Waals surface area contributed by atoms with Crippen LogP contribution in [0.5, 0.6) is 0 Å². The van der Waals surface area contributed by atoms with E-state index in [1.54, 1.807) is 0 Å². The summed E-state index contributed by atoms with van der Waals surface area (Å²) in [7, 11) is 1.96. The number of likely N-dealkylation sites (tertiary alicyclic amines) is 1. The largest absolute Gasteiger partial charge is 0.481 e. The lowest BCUT2D eigenvalue weighted by Gasteiger charge is -2.38. The molecule has 1 N–H and O–H groups in total. The Morgan fingerprint density at radius 2 is 2.16 bits per heavy atom. The number of aromatic nitrogens is 2. The Labute approximate surface area is 114 Å². The summed E-state index contributed by atoms with van der Waals surface area (Å²) in [4.78, 5) is 13.7. The highest BCUT2D eigenvalue weighted by molar-refractivity contribution is 5.74. The molecule has 2 heterocycles. The Morgan fingerprint density at radius 3 is 2.63 bits per heavy atom. The molecule has 0 amide bonds. The van der Waals surface area contributed by atoms with Crippen molar-refractivity contribution in [2.75, 3.05) is 19.6 Å². The fourth-order valence-corrected chi connectivity index (χ4v) is 2.84. The lowest BCUT2D eigenvalue weighted by molar-refractivity contribution is -0.152. The highest BCUT2D eigenvalue weighted by Gasteiger charge is 2.39. The fraction of sp³-hybridized carbons (Fsp3) is 0.714. The van der Waals surface area contributed by atoms with E-state index in [9.17, 15) is 9.90 Å². The van der Waals surface area contributed by atoms with Gasteiger partial charge in [-0.05, 0) is 38.4 Å². The minimum Gasteiger partial charge on any atom is -0.481 e. The molecule has 2 rings (SSSR count). The molecule has 19 heavy (non-hydrogen) atoms. The molecule has 1 fully saturated rings. The number of hydrogen-bond donors (Lipinski definition) is 1. The number of aliphatic carboxylic acids is 1. The lowest BCUT2D eigenvalue weighted by Crippen LogP contribution is -2.44. The summed E-state index contributed by atoms with van der Waals surface area (Å²) >= 11 is 0. The summed E-state index contributed by atoms with van der Waals surface area (Å²) in [6.07, 6.45) is 5.06. The van der Waals surface area contributed by atoms with Crippen LogP contribution in [-0.2, 0) is 18.3 Å². The van der Waals surface area contributed by atoms with Crippen LogP contribution in [0.1, 0.15) is 31.9 Å². The van der Waals surface area contributed by atoms with Gasteiger partial charge in [0.15, 0.2) is 0 Å². The van der Waals surface area contributed by atoms with Crippen LogP contribution in [0.3, 0.4) is 0 Å². The van der Waals surface area contributed by atoms with Crippen LogP contribution >= 0.6 is 0 Å². The van der Waals surface area contributed by atoms with Gasteiger partial charge in [-0.3, -0.25) is 9.48 Å². The second-order valence-corrected chi connectivity index (χ2v) is 5.48. The third-order valence-corrected chi connectivity index (χ3v) is 4.55. The summed E-state index contributed by atoms with van der Waals surface area (Å²) in [5.41, 5.74) is 0.744. The van der Waals surface area contributed by atoms with Gasteiger partial charge in [-0.1, -0.05) is 6.92 Å². The van der Waals surface area contributed by atoms with Gasteiger partial charge in [0, 0.05) is 31.9 Å². The smallest absolute Gasteiger partial charge is 0.309 e. The third kappa shape index (κ3) is 2.97. The van der Waals surface area contributed by atoms with Gasteiger partial charge in [-0.15, -0.1) is 0 Å². The molecule has 0 aromatic carbocycles. The normalized spacial score (nSPS) is 19.5. The van der Waals surface area contributed by atoms with Gasteiger partial charge >= 0.3 is 5.97 Å². The monoisotopic (exact) mass is 265 g/mol. The lowest BCUT2D eigenvalue weighted by atomic mass is 9.76. The van der Waals surface area contributed by atoms with Crippen LogP contribution in [0.25, 0.3) is 0 Å². The molecular formula is C14H23N3O2. The fourth-order valence-electron chi connectivity index (χ4n) is 2.84. The Morgan fingerprint density at radius 1 is 1.47 bits per heavy atom. The van der Waals surface area contributed by atoms with Crippen LogP contribution in [0.15, 0.2) is 12.3 Å². The molecule has 5 nitrogen and oxygen atoms in total. The number of carboxylic acids is 1. The van der Waals surface area contributed by atoms with E-state index in [4.69, 9.17) is 0 Å². The predicted octanol–water partition coefficient (Wildman–Crippen LogP) is 1.54. The standard InChI is InChI=1S/C14H23N3O2/c1-3-14(13(18)19)6-10-17(11-7-14)9-5-12-4-8-15-16(12)2/h4,8H,3,5-7,9-11H2,1-2H3,(H,18,19). The van der Waals surface area contributed by atoms with E-state index in [1.807, 2.05) is 30.9 Å². The van der Waals surface area contributed by atoms with Crippen molar-refractivity contribution in [2.45, 2.75) is 32.6 Å². The molecule has 0 bridgehead atoms. The summed E-state index contributed by atoms with van der Waals surface area (Å²) in [6.45, 7) is 4.74. The summed E-state index contributed by atoms with van der Waals surface area (Å²) in [5.74, 6) is -0.624. The molecule has 1 saturated heterocycles. The maximum atomic E-state index is 11.4. The predicted molar refractivity (Wildman–Crippen MR) is 72.9 cm³/mol. The first-order valence-electron chi connectivity index (χ1n) is 7.00. The first-order valence-corrected chi connectivity index (χ1v) is 7.00. The van der Waals surface area contributed by atoms with E-state index in [2.05, 4.69) is 10.00 Å². The van der Waals surface area contributed by atoms with E-state index >= 15 is 0 Å². The zero-order valence-electron chi connectivity index (χ0n) is 11.8. The van der Waals surface area contributed by atoms with Crippen LogP contribution in [0.2, 0.25) is 0 Å². The Hall–Kier alpha value is -1.36. The zero-order valence-corrected chi connectivity index (χ0v) is 11.8. The molecule has 0 atom stereocenters. The van der Waals surface area contributed by atoms with Crippen molar-refractivity contribution in [1.29, 1.82) is 0 Å². The SMILES string of the molecule is CCC1(C(=O)O)CCN(CCc2ccnn2C)CC1. The summed E-state index contributed by atoms with van der Waals surface area (Å²) < 4.78 is 1.90. The maximum absolute atomic E-state index is 11.4. The molecule has 1 aromatic heterocycles. The van der Waals surface area contributed by atoms with Gasteiger partial charge in [-0.25, -0.2) is 0 Å². The Bertz CT molecular complexity index is 434. The van der Waals surface area contributed by atoms with E-state index < -0.39 is 11.4 Å². The number of carbonyl (C=O) groups is 1. The number of nitrogens with zero attached hydrogens (tertiary/aromatic N) is 3. The number of carboxylic acid groups (broad SMARTS) is 1. The molecule has 1 aliphatic heterocycles. The van der Waals surface area contributed by atoms with Gasteiger partial charge in [0.25, 0.3) is 0 Å². The highest BCUT2D eigenvalue weighted by atomic mass is 16.4. The van der Waals surface area contributed by atoms with E-state index in [0.29, 0.717) is 0 Å². The number of aryl methyl sites for hydroxylation is 1. The quantitative estimate of drug-likeness (QED) is 0.877. The number of hydrogen-bond acceptors (Lipinski definition) is 3. The first kappa shape index (κ1) is 14.1. The van der Waals surface area contributed by atoms with Crippen LogP contribution in [0, 0.1) is 5.41 Å². The Kier molecular flexibility index (Phi) is 4.24. The van der Waals surface area contributed by atoms with Crippen molar-refractivity contribution < 1.29 is 9.90 Å². The molecule has 0 unspecified atom stereocenters. The van der Waals surface area contributed by atoms with Gasteiger partial charge in [-0.2, -0.15) is 5.10 Å². The van der Waals surface area contributed by atoms with Gasteiger partial charge in [0.2, 0.25) is 0 Å². The third-order valence-electron chi connectivity index (χ3n) is 4.55.